The zero-order chi connectivity index (χ0) is 14.7. The summed E-state index contributed by atoms with van der Waals surface area (Å²) in [6.07, 6.45) is 0. The molecule has 0 saturated heterocycles. The van der Waals surface area contributed by atoms with E-state index < -0.39 is 4.92 Å². The molecule has 20 heavy (non-hydrogen) atoms. The molecule has 0 fully saturated rings. The van der Waals surface area contributed by atoms with E-state index in [1.54, 1.807) is 6.07 Å². The number of ether oxygens (including phenoxy) is 1. The quantitative estimate of drug-likeness (QED) is 0.522. The van der Waals surface area contributed by atoms with Crippen LogP contribution < -0.4 is 10.5 Å². The maximum Gasteiger partial charge on any atom is 0.292 e. The minimum atomic E-state index is -0.499. The second-order valence-corrected chi connectivity index (χ2v) is 5.23. The summed E-state index contributed by atoms with van der Waals surface area (Å²) in [5.74, 6) is 0.690. The molecule has 0 aliphatic rings. The molecule has 2 aromatic rings. The summed E-state index contributed by atoms with van der Waals surface area (Å²) in [4.78, 5) is 10.3. The Morgan fingerprint density at radius 3 is 2.70 bits per heavy atom. The molecular weight excluding hydrogens is 324 g/mol. The monoisotopic (exact) mass is 336 g/mol. The van der Waals surface area contributed by atoms with Crippen molar-refractivity contribution in [2.75, 3.05) is 5.73 Å². The Labute approximate surface area is 124 Å². The van der Waals surface area contributed by atoms with Crippen molar-refractivity contribution in [3.05, 3.63) is 62.1 Å². The van der Waals surface area contributed by atoms with Gasteiger partial charge in [-0.15, -0.1) is 0 Å². The Morgan fingerprint density at radius 2 is 2.05 bits per heavy atom. The normalized spacial score (nSPS) is 10.3. The van der Waals surface area contributed by atoms with Gasteiger partial charge >= 0.3 is 0 Å². The second-order valence-electron chi connectivity index (χ2n) is 4.37. The van der Waals surface area contributed by atoms with E-state index in [0.717, 1.165) is 10.0 Å². The molecule has 0 aromatic heterocycles. The molecule has 0 radical (unpaired) electrons. The predicted octanol–water partition coefficient (Wildman–Crippen LogP) is 3.83. The van der Waals surface area contributed by atoms with Gasteiger partial charge in [0.1, 0.15) is 18.0 Å². The summed E-state index contributed by atoms with van der Waals surface area (Å²) in [5.41, 5.74) is 7.40. The number of nitrogen functional groups attached to an aromatic ring is 1. The highest BCUT2D eigenvalue weighted by Crippen LogP contribution is 2.28. The van der Waals surface area contributed by atoms with Gasteiger partial charge in [-0.05, 0) is 52.2 Å². The van der Waals surface area contributed by atoms with Crippen LogP contribution in [0, 0.1) is 17.0 Å². The zero-order valence-corrected chi connectivity index (χ0v) is 12.4. The van der Waals surface area contributed by atoms with Gasteiger partial charge < -0.3 is 10.5 Å². The SMILES string of the molecule is Cc1ccc(OCc2ccc(N)c([N+](=O)[O-])c2)c(Br)c1. The van der Waals surface area contributed by atoms with E-state index in [-0.39, 0.29) is 18.0 Å². The largest absolute Gasteiger partial charge is 0.488 e. The topological polar surface area (TPSA) is 78.4 Å². The first-order chi connectivity index (χ1) is 9.47. The highest BCUT2D eigenvalue weighted by atomic mass is 79.9. The number of halogens is 1. The lowest BCUT2D eigenvalue weighted by Gasteiger charge is -2.09. The maximum atomic E-state index is 10.8. The van der Waals surface area contributed by atoms with E-state index in [1.165, 1.54) is 12.1 Å². The third-order valence-electron chi connectivity index (χ3n) is 2.77. The number of nitro groups is 1. The van der Waals surface area contributed by atoms with Gasteiger partial charge in [0.05, 0.1) is 9.40 Å². The van der Waals surface area contributed by atoms with E-state index in [9.17, 15) is 10.1 Å². The predicted molar refractivity (Wildman–Crippen MR) is 80.7 cm³/mol. The van der Waals surface area contributed by atoms with Gasteiger partial charge in [-0.25, -0.2) is 0 Å². The molecule has 0 amide bonds. The van der Waals surface area contributed by atoms with Crippen molar-refractivity contribution >= 4 is 27.3 Å². The molecule has 0 heterocycles. The van der Waals surface area contributed by atoms with Gasteiger partial charge in [0.2, 0.25) is 0 Å². The lowest BCUT2D eigenvalue weighted by atomic mass is 10.2. The van der Waals surface area contributed by atoms with Gasteiger partial charge in [-0.2, -0.15) is 0 Å². The number of hydrogen-bond acceptors (Lipinski definition) is 4. The number of aryl methyl sites for hydroxylation is 1. The fourth-order valence-corrected chi connectivity index (χ4v) is 2.33. The fraction of sp³-hybridized carbons (Fsp3) is 0.143. The van der Waals surface area contributed by atoms with Gasteiger partial charge in [0.15, 0.2) is 0 Å². The molecule has 0 aliphatic heterocycles. The zero-order valence-electron chi connectivity index (χ0n) is 10.8. The summed E-state index contributed by atoms with van der Waals surface area (Å²) in [6, 6.07) is 10.4. The number of benzene rings is 2. The van der Waals surface area contributed by atoms with Crippen molar-refractivity contribution in [2.45, 2.75) is 13.5 Å². The molecule has 2 rings (SSSR count). The number of nitrogens with zero attached hydrogens (tertiary/aromatic N) is 1. The van der Waals surface area contributed by atoms with Crippen LogP contribution in [-0.2, 0) is 6.61 Å². The lowest BCUT2D eigenvalue weighted by molar-refractivity contribution is -0.384. The smallest absolute Gasteiger partial charge is 0.292 e. The second kappa shape index (κ2) is 5.92. The van der Waals surface area contributed by atoms with Crippen molar-refractivity contribution in [2.24, 2.45) is 0 Å². The molecule has 0 bridgehead atoms. The Kier molecular flexibility index (Phi) is 4.24. The first-order valence-corrected chi connectivity index (χ1v) is 6.68. The van der Waals surface area contributed by atoms with Crippen molar-refractivity contribution in [3.8, 4) is 5.75 Å². The minimum absolute atomic E-state index is 0.103. The van der Waals surface area contributed by atoms with Crippen LogP contribution in [0.25, 0.3) is 0 Å². The molecule has 0 aliphatic carbocycles. The van der Waals surface area contributed by atoms with Crippen molar-refractivity contribution in [1.82, 2.24) is 0 Å². The van der Waals surface area contributed by atoms with Crippen LogP contribution in [0.4, 0.5) is 11.4 Å². The van der Waals surface area contributed by atoms with E-state index in [1.807, 2.05) is 25.1 Å². The summed E-state index contributed by atoms with van der Waals surface area (Å²) in [7, 11) is 0. The number of rotatable bonds is 4. The van der Waals surface area contributed by atoms with Crippen LogP contribution in [0.3, 0.4) is 0 Å². The minimum Gasteiger partial charge on any atom is -0.488 e. The highest BCUT2D eigenvalue weighted by molar-refractivity contribution is 9.10. The molecule has 0 unspecified atom stereocenters. The molecule has 0 atom stereocenters. The number of nitro benzene ring substituents is 1. The van der Waals surface area contributed by atoms with Crippen molar-refractivity contribution in [3.63, 3.8) is 0 Å². The number of anilines is 1. The van der Waals surface area contributed by atoms with Gasteiger partial charge in [-0.1, -0.05) is 12.1 Å². The highest BCUT2D eigenvalue weighted by Gasteiger charge is 2.12. The first kappa shape index (κ1) is 14.3. The summed E-state index contributed by atoms with van der Waals surface area (Å²) in [6.45, 7) is 2.22. The van der Waals surface area contributed by atoms with Crippen LogP contribution in [0.1, 0.15) is 11.1 Å². The van der Waals surface area contributed by atoms with Gasteiger partial charge in [0, 0.05) is 6.07 Å². The average Bonchev–Trinajstić information content (AvgIpc) is 2.39. The molecule has 104 valence electrons. The summed E-state index contributed by atoms with van der Waals surface area (Å²) < 4.78 is 6.49. The van der Waals surface area contributed by atoms with Crippen LogP contribution >= 0.6 is 15.9 Å². The van der Waals surface area contributed by atoms with Crippen LogP contribution in [0.15, 0.2) is 40.9 Å². The Morgan fingerprint density at radius 1 is 1.30 bits per heavy atom. The lowest BCUT2D eigenvalue weighted by Crippen LogP contribution is -2.00. The Hall–Kier alpha value is -2.08. The molecule has 2 N–H and O–H groups in total. The van der Waals surface area contributed by atoms with Crippen molar-refractivity contribution in [1.29, 1.82) is 0 Å². The average molecular weight is 337 g/mol. The molecule has 6 heteroatoms. The fourth-order valence-electron chi connectivity index (χ4n) is 1.72. The van der Waals surface area contributed by atoms with Crippen LogP contribution in [-0.4, -0.2) is 4.92 Å². The Bertz CT molecular complexity index is 659. The third-order valence-corrected chi connectivity index (χ3v) is 3.39. The molecule has 0 spiro atoms. The van der Waals surface area contributed by atoms with Gasteiger partial charge in [-0.3, -0.25) is 10.1 Å². The van der Waals surface area contributed by atoms with Crippen LogP contribution in [0.5, 0.6) is 5.75 Å². The first-order valence-electron chi connectivity index (χ1n) is 5.89. The molecule has 5 nitrogen and oxygen atoms in total. The summed E-state index contributed by atoms with van der Waals surface area (Å²) >= 11 is 3.42. The van der Waals surface area contributed by atoms with Crippen LogP contribution in [0.2, 0.25) is 0 Å². The standard InChI is InChI=1S/C14H13BrN2O3/c1-9-2-5-14(11(15)6-9)20-8-10-3-4-12(16)13(7-10)17(18)19/h2-7H,8,16H2,1H3. The van der Waals surface area contributed by atoms with Gasteiger partial charge in [0.25, 0.3) is 5.69 Å². The molecular formula is C14H13BrN2O3. The van der Waals surface area contributed by atoms with E-state index >= 15 is 0 Å². The van der Waals surface area contributed by atoms with E-state index in [2.05, 4.69) is 15.9 Å². The number of hydrogen-bond donors (Lipinski definition) is 1. The molecule has 0 saturated carbocycles. The Balaban J connectivity index is 2.15. The summed E-state index contributed by atoms with van der Waals surface area (Å²) in [5, 5.41) is 10.8. The molecule has 2 aromatic carbocycles. The number of nitrogens with two attached hydrogens (primary N) is 1. The van der Waals surface area contributed by atoms with E-state index in [0.29, 0.717) is 11.3 Å². The third kappa shape index (κ3) is 3.27. The maximum absolute atomic E-state index is 10.8. The van der Waals surface area contributed by atoms with Crippen molar-refractivity contribution < 1.29 is 9.66 Å². The van der Waals surface area contributed by atoms with E-state index in [4.69, 9.17) is 10.5 Å².